The number of hydrogen-bond donors (Lipinski definition) is 2. The summed E-state index contributed by atoms with van der Waals surface area (Å²) < 4.78 is 1.37. The van der Waals surface area contributed by atoms with E-state index in [2.05, 4.69) is 12.6 Å². The number of amides is 1. The van der Waals surface area contributed by atoms with Gasteiger partial charge in [-0.25, -0.2) is 0 Å². The summed E-state index contributed by atoms with van der Waals surface area (Å²) in [6.07, 6.45) is 0. The zero-order chi connectivity index (χ0) is 18.3. The molecule has 5 nitrogen and oxygen atoms in total. The van der Waals surface area contributed by atoms with Crippen molar-refractivity contribution in [2.24, 2.45) is 7.05 Å². The van der Waals surface area contributed by atoms with Gasteiger partial charge in [0.25, 0.3) is 11.5 Å². The van der Waals surface area contributed by atoms with E-state index in [1.807, 2.05) is 19.1 Å². The van der Waals surface area contributed by atoms with Crippen molar-refractivity contribution in [3.05, 3.63) is 63.9 Å². The van der Waals surface area contributed by atoms with Crippen LogP contribution in [0.25, 0.3) is 10.9 Å². The molecule has 0 unspecified atom stereocenters. The molecule has 128 valence electrons. The van der Waals surface area contributed by atoms with Gasteiger partial charge in [0, 0.05) is 24.4 Å². The van der Waals surface area contributed by atoms with Crippen LogP contribution in [0, 0.1) is 6.92 Å². The summed E-state index contributed by atoms with van der Waals surface area (Å²) in [5.41, 5.74) is 1.26. The van der Waals surface area contributed by atoms with Gasteiger partial charge in [0.15, 0.2) is 0 Å². The second kappa shape index (κ2) is 6.29. The van der Waals surface area contributed by atoms with E-state index in [1.165, 1.54) is 9.47 Å². The molecule has 1 aromatic heterocycles. The molecule has 1 N–H and O–H groups in total. The molecule has 0 aliphatic carbocycles. The smallest absolute Gasteiger partial charge is 0.267 e. The third kappa shape index (κ3) is 2.68. The van der Waals surface area contributed by atoms with E-state index in [9.17, 15) is 14.7 Å². The van der Waals surface area contributed by atoms with Gasteiger partial charge in [0.2, 0.25) is 0 Å². The maximum Gasteiger partial charge on any atom is 0.267 e. The number of benzene rings is 2. The fourth-order valence-electron chi connectivity index (χ4n) is 2.86. The molecule has 0 spiro atoms. The molecule has 0 radical (unpaired) electrons. The van der Waals surface area contributed by atoms with E-state index in [0.717, 1.165) is 5.56 Å². The van der Waals surface area contributed by atoms with Gasteiger partial charge in [-0.3, -0.25) is 9.59 Å². The molecule has 0 fully saturated rings. The van der Waals surface area contributed by atoms with Gasteiger partial charge in [-0.15, -0.1) is 12.6 Å². The number of anilines is 1. The zero-order valence-corrected chi connectivity index (χ0v) is 15.0. The highest BCUT2D eigenvalue weighted by molar-refractivity contribution is 7.80. The van der Waals surface area contributed by atoms with Crippen molar-refractivity contribution in [3.8, 4) is 5.75 Å². The first kappa shape index (κ1) is 17.1. The monoisotopic (exact) mass is 354 g/mol. The molecule has 6 heteroatoms. The number of para-hydroxylation sites is 1. The third-order valence-corrected chi connectivity index (χ3v) is 4.95. The highest BCUT2D eigenvalue weighted by Crippen LogP contribution is 2.30. The number of hydrogen-bond acceptors (Lipinski definition) is 4. The summed E-state index contributed by atoms with van der Waals surface area (Å²) in [6, 6.07) is 12.4. The Morgan fingerprint density at radius 2 is 1.84 bits per heavy atom. The number of aromatic hydroxyl groups is 1. The lowest BCUT2D eigenvalue weighted by molar-refractivity contribution is 0.0988. The van der Waals surface area contributed by atoms with Crippen LogP contribution in [0.4, 0.5) is 5.69 Å². The molecule has 0 saturated heterocycles. The minimum atomic E-state index is -0.579. The molecule has 0 atom stereocenters. The average Bonchev–Trinajstić information content (AvgIpc) is 2.61. The van der Waals surface area contributed by atoms with Crippen molar-refractivity contribution in [3.63, 3.8) is 0 Å². The Morgan fingerprint density at radius 3 is 2.56 bits per heavy atom. The number of carbonyl (C=O) groups excluding carboxylic acids is 1. The standard InChI is InChI=1S/C19H18N2O3S/c1-11-7-6-10-14(17(11)25)21(3)19(24)15-16(22)12-8-4-5-9-13(12)20(2)18(15)23/h4-10,22,25H,1-3H3. The zero-order valence-electron chi connectivity index (χ0n) is 14.1. The fraction of sp³-hybridized carbons (Fsp3) is 0.158. The largest absolute Gasteiger partial charge is 0.506 e. The van der Waals surface area contributed by atoms with Crippen LogP contribution >= 0.6 is 12.6 Å². The number of pyridine rings is 1. The maximum absolute atomic E-state index is 13.0. The lowest BCUT2D eigenvalue weighted by Gasteiger charge is -2.21. The second-order valence-electron chi connectivity index (χ2n) is 5.91. The van der Waals surface area contributed by atoms with Gasteiger partial charge >= 0.3 is 0 Å². The number of aromatic nitrogens is 1. The minimum absolute atomic E-state index is 0.252. The van der Waals surface area contributed by atoms with Gasteiger partial charge in [-0.2, -0.15) is 0 Å². The van der Waals surface area contributed by atoms with E-state index < -0.39 is 11.5 Å². The van der Waals surface area contributed by atoms with Crippen molar-refractivity contribution in [1.82, 2.24) is 4.57 Å². The lowest BCUT2D eigenvalue weighted by Crippen LogP contribution is -2.34. The van der Waals surface area contributed by atoms with Crippen LogP contribution in [0.5, 0.6) is 5.75 Å². The maximum atomic E-state index is 13.0. The third-order valence-electron chi connectivity index (χ3n) is 4.37. The Labute approximate surface area is 150 Å². The average molecular weight is 354 g/mol. The normalized spacial score (nSPS) is 10.9. The van der Waals surface area contributed by atoms with Gasteiger partial charge in [0.05, 0.1) is 11.2 Å². The van der Waals surface area contributed by atoms with Gasteiger partial charge < -0.3 is 14.6 Å². The molecule has 3 aromatic rings. The first-order valence-electron chi connectivity index (χ1n) is 7.72. The van der Waals surface area contributed by atoms with Crippen LogP contribution in [0.3, 0.4) is 0 Å². The molecule has 1 amide bonds. The molecule has 2 aromatic carbocycles. The van der Waals surface area contributed by atoms with Gasteiger partial charge in [0.1, 0.15) is 11.3 Å². The van der Waals surface area contributed by atoms with Crippen molar-refractivity contribution in [2.45, 2.75) is 11.8 Å². The predicted octanol–water partition coefficient (Wildman–Crippen LogP) is 3.12. The summed E-state index contributed by atoms with van der Waals surface area (Å²) >= 11 is 4.45. The van der Waals surface area contributed by atoms with Crippen LogP contribution < -0.4 is 10.5 Å². The Kier molecular flexibility index (Phi) is 4.30. The minimum Gasteiger partial charge on any atom is -0.506 e. The van der Waals surface area contributed by atoms with E-state index in [1.54, 1.807) is 44.4 Å². The van der Waals surface area contributed by atoms with Crippen molar-refractivity contribution in [2.75, 3.05) is 11.9 Å². The summed E-state index contributed by atoms with van der Waals surface area (Å²) in [5.74, 6) is -0.881. The lowest BCUT2D eigenvalue weighted by atomic mass is 10.1. The second-order valence-corrected chi connectivity index (χ2v) is 6.36. The number of aryl methyl sites for hydroxylation is 2. The summed E-state index contributed by atoms with van der Waals surface area (Å²) in [6.45, 7) is 1.89. The van der Waals surface area contributed by atoms with E-state index in [0.29, 0.717) is 21.5 Å². The molecule has 0 aliphatic rings. The summed E-state index contributed by atoms with van der Waals surface area (Å²) in [7, 11) is 3.14. The molecule has 25 heavy (non-hydrogen) atoms. The number of thiol groups is 1. The van der Waals surface area contributed by atoms with Crippen LogP contribution in [0.2, 0.25) is 0 Å². The van der Waals surface area contributed by atoms with E-state index >= 15 is 0 Å². The number of carbonyl (C=O) groups is 1. The fourth-order valence-corrected chi connectivity index (χ4v) is 3.16. The summed E-state index contributed by atoms with van der Waals surface area (Å²) in [5, 5.41) is 11.0. The van der Waals surface area contributed by atoms with E-state index in [4.69, 9.17) is 0 Å². The number of nitrogens with zero attached hydrogens (tertiary/aromatic N) is 2. The van der Waals surface area contributed by atoms with Crippen LogP contribution in [-0.2, 0) is 7.05 Å². The Morgan fingerprint density at radius 1 is 1.16 bits per heavy atom. The predicted molar refractivity (Wildman–Crippen MR) is 102 cm³/mol. The Bertz CT molecular complexity index is 1060. The highest BCUT2D eigenvalue weighted by atomic mass is 32.1. The van der Waals surface area contributed by atoms with Crippen LogP contribution in [0.1, 0.15) is 15.9 Å². The topological polar surface area (TPSA) is 62.5 Å². The van der Waals surface area contributed by atoms with Gasteiger partial charge in [-0.1, -0.05) is 24.3 Å². The Balaban J connectivity index is 2.21. The highest BCUT2D eigenvalue weighted by Gasteiger charge is 2.25. The quantitative estimate of drug-likeness (QED) is 0.695. The molecular weight excluding hydrogens is 336 g/mol. The molecule has 0 aliphatic heterocycles. The van der Waals surface area contributed by atoms with Crippen molar-refractivity contribution < 1.29 is 9.90 Å². The summed E-state index contributed by atoms with van der Waals surface area (Å²) in [4.78, 5) is 27.6. The van der Waals surface area contributed by atoms with Crippen LogP contribution in [-0.4, -0.2) is 22.6 Å². The molecule has 0 bridgehead atoms. The molecule has 0 saturated carbocycles. The first-order valence-corrected chi connectivity index (χ1v) is 8.16. The van der Waals surface area contributed by atoms with Crippen LogP contribution in [0.15, 0.2) is 52.2 Å². The number of fused-ring (bicyclic) bond motifs is 1. The molecular formula is C19H18N2O3S. The van der Waals surface area contributed by atoms with Crippen molar-refractivity contribution in [1.29, 1.82) is 0 Å². The van der Waals surface area contributed by atoms with Gasteiger partial charge in [-0.05, 0) is 30.7 Å². The SMILES string of the molecule is Cc1cccc(N(C)C(=O)c2c(O)c3ccccc3n(C)c2=O)c1S. The molecule has 1 heterocycles. The van der Waals surface area contributed by atoms with E-state index in [-0.39, 0.29) is 11.3 Å². The van der Waals surface area contributed by atoms with Crippen molar-refractivity contribution >= 4 is 35.1 Å². The molecule has 3 rings (SSSR count). The number of rotatable bonds is 2. The first-order chi connectivity index (χ1) is 11.8. The Hall–Kier alpha value is -2.73.